The van der Waals surface area contributed by atoms with Gasteiger partial charge >= 0.3 is 0 Å². The molecule has 4 nitrogen and oxygen atoms in total. The summed E-state index contributed by atoms with van der Waals surface area (Å²) in [6.07, 6.45) is 1.59. The molecule has 18 heavy (non-hydrogen) atoms. The van der Waals surface area contributed by atoms with E-state index in [0.29, 0.717) is 5.69 Å². The van der Waals surface area contributed by atoms with E-state index in [9.17, 15) is 5.11 Å². The van der Waals surface area contributed by atoms with Gasteiger partial charge in [-0.15, -0.1) is 0 Å². The van der Waals surface area contributed by atoms with Crippen molar-refractivity contribution in [1.29, 1.82) is 5.26 Å². The van der Waals surface area contributed by atoms with Gasteiger partial charge in [0.1, 0.15) is 11.8 Å². The molecule has 0 aliphatic heterocycles. The van der Waals surface area contributed by atoms with Crippen LogP contribution in [-0.2, 0) is 0 Å². The van der Waals surface area contributed by atoms with Crippen LogP contribution in [0.25, 0.3) is 0 Å². The summed E-state index contributed by atoms with van der Waals surface area (Å²) in [5, 5.41) is 21.2. The number of aromatic nitrogens is 1. The number of pyridine rings is 1. The van der Waals surface area contributed by atoms with Gasteiger partial charge in [-0.05, 0) is 17.7 Å². The number of nitriles is 1. The summed E-state index contributed by atoms with van der Waals surface area (Å²) in [6, 6.07) is 14.9. The first-order valence-electron chi connectivity index (χ1n) is 5.62. The molecule has 0 amide bonds. The molecule has 0 radical (unpaired) electrons. The highest BCUT2D eigenvalue weighted by Gasteiger charge is 2.09. The summed E-state index contributed by atoms with van der Waals surface area (Å²) >= 11 is 0. The lowest BCUT2D eigenvalue weighted by atomic mass is 10.1. The van der Waals surface area contributed by atoms with Crippen LogP contribution < -0.4 is 5.32 Å². The number of anilines is 1. The van der Waals surface area contributed by atoms with Crippen LogP contribution in [0.2, 0.25) is 0 Å². The zero-order chi connectivity index (χ0) is 12.8. The minimum Gasteiger partial charge on any atom is -0.394 e. The fourth-order valence-corrected chi connectivity index (χ4v) is 1.67. The molecule has 0 saturated heterocycles. The van der Waals surface area contributed by atoms with Crippen LogP contribution in [0.1, 0.15) is 17.3 Å². The zero-order valence-corrected chi connectivity index (χ0v) is 9.74. The van der Waals surface area contributed by atoms with Crippen molar-refractivity contribution >= 4 is 5.69 Å². The van der Waals surface area contributed by atoms with Crippen molar-refractivity contribution in [3.63, 3.8) is 0 Å². The molecule has 1 unspecified atom stereocenters. The van der Waals surface area contributed by atoms with Gasteiger partial charge in [-0.1, -0.05) is 30.3 Å². The van der Waals surface area contributed by atoms with Gasteiger partial charge < -0.3 is 10.4 Å². The largest absolute Gasteiger partial charge is 0.394 e. The van der Waals surface area contributed by atoms with Gasteiger partial charge in [0.15, 0.2) is 0 Å². The van der Waals surface area contributed by atoms with Crippen molar-refractivity contribution in [1.82, 2.24) is 4.98 Å². The summed E-state index contributed by atoms with van der Waals surface area (Å²) in [4.78, 5) is 3.97. The smallest absolute Gasteiger partial charge is 0.140 e. The normalized spacial score (nSPS) is 11.6. The van der Waals surface area contributed by atoms with Gasteiger partial charge in [0, 0.05) is 0 Å². The van der Waals surface area contributed by atoms with E-state index in [1.807, 2.05) is 36.4 Å². The molecule has 2 rings (SSSR count). The Morgan fingerprint density at radius 3 is 2.56 bits per heavy atom. The summed E-state index contributed by atoms with van der Waals surface area (Å²) < 4.78 is 0. The van der Waals surface area contributed by atoms with Gasteiger partial charge in [-0.2, -0.15) is 5.26 Å². The second kappa shape index (κ2) is 5.80. The molecule has 1 heterocycles. The van der Waals surface area contributed by atoms with E-state index in [1.165, 1.54) is 0 Å². The fourth-order valence-electron chi connectivity index (χ4n) is 1.67. The van der Waals surface area contributed by atoms with Gasteiger partial charge in [0.2, 0.25) is 0 Å². The summed E-state index contributed by atoms with van der Waals surface area (Å²) in [5.74, 6) is 0. The molecular formula is C14H13N3O. The van der Waals surface area contributed by atoms with E-state index in [4.69, 9.17) is 5.26 Å². The lowest BCUT2D eigenvalue weighted by Gasteiger charge is -2.17. The monoisotopic (exact) mass is 239 g/mol. The average molecular weight is 239 g/mol. The maximum atomic E-state index is 9.41. The Balaban J connectivity index is 2.13. The third-order valence-corrected chi connectivity index (χ3v) is 2.60. The van der Waals surface area contributed by atoms with Crippen LogP contribution in [0, 0.1) is 11.3 Å². The average Bonchev–Trinajstić information content (AvgIpc) is 2.46. The standard InChI is InChI=1S/C14H13N3O/c15-8-12-6-7-13(9-16-12)17-14(10-18)11-4-2-1-3-5-11/h1-7,9,14,17-18H,10H2. The molecule has 2 N–H and O–H groups in total. The van der Waals surface area contributed by atoms with Crippen LogP contribution in [0.5, 0.6) is 0 Å². The molecule has 2 aromatic rings. The molecule has 1 atom stereocenters. The fraction of sp³-hybridized carbons (Fsp3) is 0.143. The Kier molecular flexibility index (Phi) is 3.90. The molecule has 0 spiro atoms. The van der Waals surface area contributed by atoms with Crippen molar-refractivity contribution < 1.29 is 5.11 Å². The minimum atomic E-state index is -0.180. The Labute approximate surface area is 106 Å². The second-order valence-electron chi connectivity index (χ2n) is 3.83. The first-order chi connectivity index (χ1) is 8.83. The van der Waals surface area contributed by atoms with Crippen molar-refractivity contribution in [2.45, 2.75) is 6.04 Å². The summed E-state index contributed by atoms with van der Waals surface area (Å²) in [5.41, 5.74) is 2.15. The zero-order valence-electron chi connectivity index (χ0n) is 9.74. The van der Waals surface area contributed by atoms with Crippen LogP contribution in [-0.4, -0.2) is 16.7 Å². The van der Waals surface area contributed by atoms with Crippen molar-refractivity contribution in [2.75, 3.05) is 11.9 Å². The van der Waals surface area contributed by atoms with E-state index < -0.39 is 0 Å². The number of aliphatic hydroxyl groups excluding tert-OH is 1. The number of hydrogen-bond donors (Lipinski definition) is 2. The molecule has 0 aliphatic carbocycles. The van der Waals surface area contributed by atoms with Crippen molar-refractivity contribution in [3.8, 4) is 6.07 Å². The number of nitrogens with zero attached hydrogens (tertiary/aromatic N) is 2. The second-order valence-corrected chi connectivity index (χ2v) is 3.83. The Bertz CT molecular complexity index is 531. The van der Waals surface area contributed by atoms with Crippen molar-refractivity contribution in [2.24, 2.45) is 0 Å². The SMILES string of the molecule is N#Cc1ccc(NC(CO)c2ccccc2)cn1. The Morgan fingerprint density at radius 2 is 2.00 bits per heavy atom. The van der Waals surface area contributed by atoms with E-state index in [1.54, 1.807) is 18.3 Å². The van der Waals surface area contributed by atoms with Crippen LogP contribution in [0.4, 0.5) is 5.69 Å². The lowest BCUT2D eigenvalue weighted by molar-refractivity contribution is 0.276. The topological polar surface area (TPSA) is 68.9 Å². The first-order valence-corrected chi connectivity index (χ1v) is 5.62. The number of nitrogens with one attached hydrogen (secondary N) is 1. The number of rotatable bonds is 4. The van der Waals surface area contributed by atoms with Gasteiger partial charge in [0.05, 0.1) is 24.5 Å². The molecular weight excluding hydrogens is 226 g/mol. The minimum absolute atomic E-state index is 0.00991. The highest BCUT2D eigenvalue weighted by Crippen LogP contribution is 2.18. The van der Waals surface area contributed by atoms with Crippen LogP contribution >= 0.6 is 0 Å². The highest BCUT2D eigenvalue weighted by atomic mass is 16.3. The number of hydrogen-bond acceptors (Lipinski definition) is 4. The molecule has 1 aromatic heterocycles. The molecule has 1 aromatic carbocycles. The van der Waals surface area contributed by atoms with Crippen LogP contribution in [0.3, 0.4) is 0 Å². The molecule has 0 saturated carbocycles. The van der Waals surface area contributed by atoms with Gasteiger partial charge in [0.25, 0.3) is 0 Å². The van der Waals surface area contributed by atoms with Gasteiger partial charge in [-0.25, -0.2) is 4.98 Å². The number of aliphatic hydroxyl groups is 1. The Hall–Kier alpha value is -2.38. The quantitative estimate of drug-likeness (QED) is 0.857. The summed E-state index contributed by atoms with van der Waals surface area (Å²) in [7, 11) is 0. The van der Waals surface area contributed by atoms with E-state index in [-0.39, 0.29) is 12.6 Å². The predicted molar refractivity (Wildman–Crippen MR) is 68.8 cm³/mol. The third kappa shape index (κ3) is 2.84. The molecule has 90 valence electrons. The number of benzene rings is 1. The van der Waals surface area contributed by atoms with E-state index in [2.05, 4.69) is 10.3 Å². The lowest BCUT2D eigenvalue weighted by Crippen LogP contribution is -2.14. The van der Waals surface area contributed by atoms with E-state index in [0.717, 1.165) is 11.3 Å². The molecule has 0 fully saturated rings. The van der Waals surface area contributed by atoms with Crippen LogP contribution in [0.15, 0.2) is 48.7 Å². The van der Waals surface area contributed by atoms with E-state index >= 15 is 0 Å². The third-order valence-electron chi connectivity index (χ3n) is 2.60. The van der Waals surface area contributed by atoms with Gasteiger partial charge in [-0.3, -0.25) is 0 Å². The maximum absolute atomic E-state index is 9.41. The first kappa shape index (κ1) is 12.1. The molecule has 0 aliphatic rings. The molecule has 0 bridgehead atoms. The highest BCUT2D eigenvalue weighted by molar-refractivity contribution is 5.45. The Morgan fingerprint density at radius 1 is 1.22 bits per heavy atom. The maximum Gasteiger partial charge on any atom is 0.140 e. The molecule has 4 heteroatoms. The predicted octanol–water partition coefficient (Wildman–Crippen LogP) is 2.10. The summed E-state index contributed by atoms with van der Waals surface area (Å²) in [6.45, 7) is -0.00991. The van der Waals surface area contributed by atoms with Crippen molar-refractivity contribution in [3.05, 3.63) is 59.9 Å².